The molecule has 0 unspecified atom stereocenters. The second-order valence-electron chi connectivity index (χ2n) is 4.22. The summed E-state index contributed by atoms with van der Waals surface area (Å²) in [6, 6.07) is 0. The van der Waals surface area contributed by atoms with Crippen molar-refractivity contribution < 1.29 is 0 Å². The number of hydrogen-bond donors (Lipinski definition) is 1. The summed E-state index contributed by atoms with van der Waals surface area (Å²) in [4.78, 5) is 2.65. The standard InChI is InChI=1S/C10H20N2/c1-2-6-12(7-3-1)9-10-4-5-11-8-10/h10-11H,1-9H2/t10-/m1/s1. The van der Waals surface area contributed by atoms with Gasteiger partial charge in [-0.1, -0.05) is 6.42 Å². The quantitative estimate of drug-likeness (QED) is 0.664. The van der Waals surface area contributed by atoms with E-state index in [1.54, 1.807) is 0 Å². The van der Waals surface area contributed by atoms with Crippen molar-refractivity contribution in [3.05, 3.63) is 0 Å². The van der Waals surface area contributed by atoms with Gasteiger partial charge in [0.25, 0.3) is 0 Å². The van der Waals surface area contributed by atoms with Crippen molar-refractivity contribution in [1.29, 1.82) is 0 Å². The molecule has 0 aromatic heterocycles. The summed E-state index contributed by atoms with van der Waals surface area (Å²) in [5, 5.41) is 3.44. The molecule has 0 radical (unpaired) electrons. The van der Waals surface area contributed by atoms with Crippen LogP contribution in [-0.2, 0) is 0 Å². The maximum absolute atomic E-state index is 3.44. The summed E-state index contributed by atoms with van der Waals surface area (Å²) >= 11 is 0. The molecule has 2 fully saturated rings. The predicted molar refractivity (Wildman–Crippen MR) is 51.3 cm³/mol. The first-order chi connectivity index (χ1) is 5.95. The van der Waals surface area contributed by atoms with Crippen molar-refractivity contribution in [3.63, 3.8) is 0 Å². The van der Waals surface area contributed by atoms with Crippen LogP contribution in [-0.4, -0.2) is 37.6 Å². The van der Waals surface area contributed by atoms with E-state index in [4.69, 9.17) is 0 Å². The van der Waals surface area contributed by atoms with E-state index in [1.807, 2.05) is 0 Å². The van der Waals surface area contributed by atoms with E-state index in [9.17, 15) is 0 Å². The Bertz CT molecular complexity index is 124. The first kappa shape index (κ1) is 8.52. The highest BCUT2D eigenvalue weighted by atomic mass is 15.1. The van der Waals surface area contributed by atoms with Crippen LogP contribution in [0.3, 0.4) is 0 Å². The molecule has 0 bridgehead atoms. The number of piperidine rings is 1. The summed E-state index contributed by atoms with van der Waals surface area (Å²) in [7, 11) is 0. The van der Waals surface area contributed by atoms with Crippen LogP contribution in [0.4, 0.5) is 0 Å². The van der Waals surface area contributed by atoms with E-state index in [-0.39, 0.29) is 0 Å². The zero-order valence-electron chi connectivity index (χ0n) is 7.89. The Kier molecular flexibility index (Phi) is 3.01. The minimum Gasteiger partial charge on any atom is -0.316 e. The number of rotatable bonds is 2. The molecule has 2 heterocycles. The predicted octanol–water partition coefficient (Wildman–Crippen LogP) is 1.08. The molecule has 2 aliphatic rings. The molecule has 2 saturated heterocycles. The van der Waals surface area contributed by atoms with E-state index < -0.39 is 0 Å². The first-order valence-corrected chi connectivity index (χ1v) is 5.38. The summed E-state index contributed by atoms with van der Waals surface area (Å²) in [6.07, 6.45) is 5.72. The summed E-state index contributed by atoms with van der Waals surface area (Å²) in [5.41, 5.74) is 0. The van der Waals surface area contributed by atoms with Crippen molar-refractivity contribution in [3.8, 4) is 0 Å². The molecule has 70 valence electrons. The minimum absolute atomic E-state index is 0.947. The molecule has 0 aromatic carbocycles. The number of hydrogen-bond acceptors (Lipinski definition) is 2. The van der Waals surface area contributed by atoms with E-state index >= 15 is 0 Å². The van der Waals surface area contributed by atoms with Crippen LogP contribution >= 0.6 is 0 Å². The number of nitrogens with zero attached hydrogens (tertiary/aromatic N) is 1. The fourth-order valence-corrected chi connectivity index (χ4v) is 2.38. The molecule has 0 saturated carbocycles. The van der Waals surface area contributed by atoms with Crippen molar-refractivity contribution in [2.24, 2.45) is 5.92 Å². The average molecular weight is 168 g/mol. The third-order valence-corrected chi connectivity index (χ3v) is 3.13. The first-order valence-electron chi connectivity index (χ1n) is 5.38. The Morgan fingerprint density at radius 1 is 1.17 bits per heavy atom. The van der Waals surface area contributed by atoms with Gasteiger partial charge >= 0.3 is 0 Å². The van der Waals surface area contributed by atoms with Crippen LogP contribution < -0.4 is 5.32 Å². The average Bonchev–Trinajstić information content (AvgIpc) is 2.59. The maximum Gasteiger partial charge on any atom is 0.00223 e. The van der Waals surface area contributed by atoms with E-state index in [2.05, 4.69) is 10.2 Å². The molecule has 0 aromatic rings. The van der Waals surface area contributed by atoms with Gasteiger partial charge in [-0.15, -0.1) is 0 Å². The number of nitrogens with one attached hydrogen (secondary N) is 1. The van der Waals surface area contributed by atoms with Gasteiger partial charge in [0.2, 0.25) is 0 Å². The van der Waals surface area contributed by atoms with Crippen LogP contribution in [0.1, 0.15) is 25.7 Å². The van der Waals surface area contributed by atoms with E-state index in [0.717, 1.165) is 5.92 Å². The molecule has 2 aliphatic heterocycles. The minimum atomic E-state index is 0.947. The Morgan fingerprint density at radius 2 is 2.00 bits per heavy atom. The molecule has 1 N–H and O–H groups in total. The fraction of sp³-hybridized carbons (Fsp3) is 1.00. The Morgan fingerprint density at radius 3 is 2.67 bits per heavy atom. The molecule has 0 amide bonds. The summed E-state index contributed by atoms with van der Waals surface area (Å²) in [6.45, 7) is 6.58. The topological polar surface area (TPSA) is 15.3 Å². The summed E-state index contributed by atoms with van der Waals surface area (Å²) < 4.78 is 0. The van der Waals surface area contributed by atoms with Gasteiger partial charge < -0.3 is 10.2 Å². The van der Waals surface area contributed by atoms with Crippen molar-refractivity contribution in [2.45, 2.75) is 25.7 Å². The lowest BCUT2D eigenvalue weighted by Crippen LogP contribution is -2.34. The lowest BCUT2D eigenvalue weighted by Gasteiger charge is -2.28. The van der Waals surface area contributed by atoms with Crippen LogP contribution in [0.25, 0.3) is 0 Å². The van der Waals surface area contributed by atoms with Gasteiger partial charge in [-0.25, -0.2) is 0 Å². The van der Waals surface area contributed by atoms with Gasteiger partial charge in [-0.05, 0) is 51.4 Å². The van der Waals surface area contributed by atoms with E-state index in [0.29, 0.717) is 0 Å². The van der Waals surface area contributed by atoms with Crippen LogP contribution in [0, 0.1) is 5.92 Å². The molecule has 2 rings (SSSR count). The van der Waals surface area contributed by atoms with Gasteiger partial charge in [-0.3, -0.25) is 0 Å². The Hall–Kier alpha value is -0.0800. The molecule has 12 heavy (non-hydrogen) atoms. The highest BCUT2D eigenvalue weighted by Gasteiger charge is 2.18. The van der Waals surface area contributed by atoms with Gasteiger partial charge in [0.1, 0.15) is 0 Å². The zero-order valence-corrected chi connectivity index (χ0v) is 7.89. The van der Waals surface area contributed by atoms with Crippen molar-refractivity contribution >= 4 is 0 Å². The largest absolute Gasteiger partial charge is 0.316 e. The van der Waals surface area contributed by atoms with E-state index in [1.165, 1.54) is 58.4 Å². The zero-order chi connectivity index (χ0) is 8.23. The number of likely N-dealkylation sites (tertiary alicyclic amines) is 1. The Labute approximate surface area is 75.3 Å². The lowest BCUT2D eigenvalue weighted by atomic mass is 10.1. The molecular formula is C10H20N2. The fourth-order valence-electron chi connectivity index (χ4n) is 2.38. The maximum atomic E-state index is 3.44. The second kappa shape index (κ2) is 4.24. The molecule has 0 aliphatic carbocycles. The smallest absolute Gasteiger partial charge is 0.00223 e. The van der Waals surface area contributed by atoms with Gasteiger partial charge in [0, 0.05) is 6.54 Å². The monoisotopic (exact) mass is 168 g/mol. The third-order valence-electron chi connectivity index (χ3n) is 3.13. The molecule has 0 spiro atoms. The molecule has 2 nitrogen and oxygen atoms in total. The lowest BCUT2D eigenvalue weighted by molar-refractivity contribution is 0.200. The molecule has 2 heteroatoms. The second-order valence-corrected chi connectivity index (χ2v) is 4.22. The van der Waals surface area contributed by atoms with Crippen molar-refractivity contribution in [1.82, 2.24) is 10.2 Å². The molecule has 1 atom stereocenters. The van der Waals surface area contributed by atoms with Gasteiger partial charge in [0.15, 0.2) is 0 Å². The van der Waals surface area contributed by atoms with Gasteiger partial charge in [-0.2, -0.15) is 0 Å². The van der Waals surface area contributed by atoms with Crippen LogP contribution in [0.2, 0.25) is 0 Å². The Balaban J connectivity index is 1.69. The third kappa shape index (κ3) is 2.20. The van der Waals surface area contributed by atoms with Crippen LogP contribution in [0.15, 0.2) is 0 Å². The van der Waals surface area contributed by atoms with Crippen molar-refractivity contribution in [2.75, 3.05) is 32.7 Å². The highest BCUT2D eigenvalue weighted by Crippen LogP contribution is 2.14. The summed E-state index contributed by atoms with van der Waals surface area (Å²) in [5.74, 6) is 0.947. The highest BCUT2D eigenvalue weighted by molar-refractivity contribution is 4.76. The SMILES string of the molecule is C1CCN(C[C@@H]2CCNC2)CC1. The molecular weight excluding hydrogens is 148 g/mol. The van der Waals surface area contributed by atoms with Gasteiger partial charge in [0.05, 0.1) is 0 Å². The van der Waals surface area contributed by atoms with Crippen LogP contribution in [0.5, 0.6) is 0 Å². The normalized spacial score (nSPS) is 32.5.